The van der Waals surface area contributed by atoms with Crippen molar-refractivity contribution >= 4 is 11.9 Å². The largest absolute Gasteiger partial charge is 0.378 e. The second-order valence-corrected chi connectivity index (χ2v) is 4.30. The zero-order valence-electron chi connectivity index (χ0n) is 10.7. The Hall–Kier alpha value is -2.22. The first-order valence-electron chi connectivity index (χ1n) is 6.08. The molecule has 0 unspecified atom stereocenters. The van der Waals surface area contributed by atoms with Gasteiger partial charge in [0.15, 0.2) is 5.82 Å². The van der Waals surface area contributed by atoms with Crippen molar-refractivity contribution in [1.82, 2.24) is 24.7 Å². The number of anilines is 2. The van der Waals surface area contributed by atoms with Gasteiger partial charge in [0.2, 0.25) is 11.9 Å². The van der Waals surface area contributed by atoms with E-state index in [2.05, 4.69) is 20.1 Å². The summed E-state index contributed by atoms with van der Waals surface area (Å²) in [6, 6.07) is 1.81. The number of ether oxygens (including phenoxy) is 1. The maximum Gasteiger partial charge on any atom is 0.247 e. The normalized spacial score (nSPS) is 15.7. The Bertz CT molecular complexity index is 576. The molecule has 8 heteroatoms. The first-order valence-corrected chi connectivity index (χ1v) is 6.08. The lowest BCUT2D eigenvalue weighted by Crippen LogP contribution is -2.37. The van der Waals surface area contributed by atoms with Crippen molar-refractivity contribution in [3.8, 4) is 5.82 Å². The van der Waals surface area contributed by atoms with Gasteiger partial charge >= 0.3 is 0 Å². The highest BCUT2D eigenvalue weighted by Gasteiger charge is 2.18. The van der Waals surface area contributed by atoms with Crippen LogP contribution in [0.2, 0.25) is 0 Å². The molecule has 0 atom stereocenters. The lowest BCUT2D eigenvalue weighted by atomic mass is 10.4. The molecule has 0 saturated carbocycles. The molecule has 100 valence electrons. The minimum atomic E-state index is 0.319. The molecule has 8 nitrogen and oxygen atoms in total. The van der Waals surface area contributed by atoms with Crippen molar-refractivity contribution in [1.29, 1.82) is 0 Å². The highest BCUT2D eigenvalue weighted by Crippen LogP contribution is 2.16. The summed E-state index contributed by atoms with van der Waals surface area (Å²) >= 11 is 0. The third-order valence-corrected chi connectivity index (χ3v) is 2.92. The molecule has 0 aromatic carbocycles. The Morgan fingerprint density at radius 2 is 2.05 bits per heavy atom. The van der Waals surface area contributed by atoms with Gasteiger partial charge < -0.3 is 15.4 Å². The van der Waals surface area contributed by atoms with Crippen LogP contribution in [0.3, 0.4) is 0 Å². The average Bonchev–Trinajstić information content (AvgIpc) is 2.82. The molecule has 0 spiro atoms. The SMILES string of the molecule is Cc1cc(-n2nc(N3CCOCC3)nc2N)ncn1. The van der Waals surface area contributed by atoms with E-state index < -0.39 is 0 Å². The summed E-state index contributed by atoms with van der Waals surface area (Å²) in [5.74, 6) is 1.55. The Morgan fingerprint density at radius 3 is 2.79 bits per heavy atom. The van der Waals surface area contributed by atoms with E-state index in [1.54, 1.807) is 0 Å². The van der Waals surface area contributed by atoms with Gasteiger partial charge in [-0.2, -0.15) is 9.67 Å². The van der Waals surface area contributed by atoms with Crippen molar-refractivity contribution in [2.75, 3.05) is 36.9 Å². The molecule has 3 rings (SSSR count). The first kappa shape index (κ1) is 11.8. The molecule has 0 aliphatic carbocycles. The van der Waals surface area contributed by atoms with Crippen LogP contribution < -0.4 is 10.6 Å². The van der Waals surface area contributed by atoms with E-state index in [4.69, 9.17) is 10.5 Å². The minimum Gasteiger partial charge on any atom is -0.378 e. The van der Waals surface area contributed by atoms with E-state index in [1.807, 2.05) is 17.9 Å². The second-order valence-electron chi connectivity index (χ2n) is 4.30. The van der Waals surface area contributed by atoms with E-state index >= 15 is 0 Å². The van der Waals surface area contributed by atoms with Gasteiger partial charge in [-0.05, 0) is 6.92 Å². The van der Waals surface area contributed by atoms with E-state index in [0.29, 0.717) is 30.9 Å². The fourth-order valence-corrected chi connectivity index (χ4v) is 1.94. The van der Waals surface area contributed by atoms with E-state index in [1.165, 1.54) is 11.0 Å². The van der Waals surface area contributed by atoms with Gasteiger partial charge in [0.25, 0.3) is 0 Å². The van der Waals surface area contributed by atoms with Crippen molar-refractivity contribution in [2.45, 2.75) is 6.92 Å². The summed E-state index contributed by atoms with van der Waals surface area (Å²) in [7, 11) is 0. The van der Waals surface area contributed by atoms with Gasteiger partial charge in [-0.1, -0.05) is 0 Å². The van der Waals surface area contributed by atoms with Crippen LogP contribution in [0.1, 0.15) is 5.69 Å². The van der Waals surface area contributed by atoms with Crippen LogP contribution in [0, 0.1) is 6.92 Å². The Kier molecular flexibility index (Phi) is 3.00. The van der Waals surface area contributed by atoms with E-state index in [9.17, 15) is 0 Å². The van der Waals surface area contributed by atoms with Gasteiger partial charge in [0.1, 0.15) is 6.33 Å². The van der Waals surface area contributed by atoms with Crippen LogP contribution in [0.5, 0.6) is 0 Å². The van der Waals surface area contributed by atoms with Crippen LogP contribution in [0.4, 0.5) is 11.9 Å². The van der Waals surface area contributed by atoms with Crippen LogP contribution in [0.15, 0.2) is 12.4 Å². The van der Waals surface area contributed by atoms with Gasteiger partial charge in [-0.15, -0.1) is 5.10 Å². The number of aryl methyl sites for hydroxylation is 1. The molecular formula is C11H15N7O. The van der Waals surface area contributed by atoms with E-state index in [-0.39, 0.29) is 0 Å². The molecule has 2 N–H and O–H groups in total. The summed E-state index contributed by atoms with van der Waals surface area (Å²) in [6.45, 7) is 4.79. The number of hydrogen-bond donors (Lipinski definition) is 1. The van der Waals surface area contributed by atoms with Gasteiger partial charge in [-0.25, -0.2) is 9.97 Å². The molecule has 0 bridgehead atoms. The number of hydrogen-bond acceptors (Lipinski definition) is 7. The summed E-state index contributed by atoms with van der Waals surface area (Å²) in [6.07, 6.45) is 1.49. The maximum absolute atomic E-state index is 5.90. The molecule has 1 saturated heterocycles. The average molecular weight is 261 g/mol. The predicted molar refractivity (Wildman–Crippen MR) is 69.1 cm³/mol. The highest BCUT2D eigenvalue weighted by molar-refractivity contribution is 5.40. The number of nitrogens with zero attached hydrogens (tertiary/aromatic N) is 6. The topological polar surface area (TPSA) is 95.0 Å². The molecule has 0 radical (unpaired) electrons. The molecule has 1 aliphatic rings. The fraction of sp³-hybridized carbons (Fsp3) is 0.455. The van der Waals surface area contributed by atoms with Crippen molar-refractivity contribution in [3.05, 3.63) is 18.1 Å². The summed E-state index contributed by atoms with van der Waals surface area (Å²) in [5.41, 5.74) is 6.76. The van der Waals surface area contributed by atoms with Crippen LogP contribution in [-0.4, -0.2) is 51.0 Å². The Morgan fingerprint density at radius 1 is 1.26 bits per heavy atom. The molecule has 1 aliphatic heterocycles. The summed E-state index contributed by atoms with van der Waals surface area (Å²) < 4.78 is 6.83. The smallest absolute Gasteiger partial charge is 0.247 e. The number of nitrogens with two attached hydrogens (primary N) is 1. The van der Waals surface area contributed by atoms with Gasteiger partial charge in [0, 0.05) is 24.8 Å². The molecule has 0 amide bonds. The number of morpholine rings is 1. The lowest BCUT2D eigenvalue weighted by molar-refractivity contribution is 0.122. The molecule has 19 heavy (non-hydrogen) atoms. The first-order chi connectivity index (χ1) is 9.24. The monoisotopic (exact) mass is 261 g/mol. The minimum absolute atomic E-state index is 0.319. The molecule has 3 heterocycles. The van der Waals surface area contributed by atoms with Crippen LogP contribution >= 0.6 is 0 Å². The van der Waals surface area contributed by atoms with Crippen molar-refractivity contribution < 1.29 is 4.74 Å². The summed E-state index contributed by atoms with van der Waals surface area (Å²) in [5, 5.41) is 4.41. The van der Waals surface area contributed by atoms with Crippen molar-refractivity contribution in [3.63, 3.8) is 0 Å². The van der Waals surface area contributed by atoms with E-state index in [0.717, 1.165) is 18.8 Å². The lowest BCUT2D eigenvalue weighted by Gasteiger charge is -2.25. The quantitative estimate of drug-likeness (QED) is 0.798. The number of rotatable bonds is 2. The van der Waals surface area contributed by atoms with Crippen molar-refractivity contribution in [2.24, 2.45) is 0 Å². The Labute approximate surface area is 110 Å². The summed E-state index contributed by atoms with van der Waals surface area (Å²) in [4.78, 5) is 14.5. The zero-order chi connectivity index (χ0) is 13.2. The fourth-order valence-electron chi connectivity index (χ4n) is 1.94. The zero-order valence-corrected chi connectivity index (χ0v) is 10.7. The van der Waals surface area contributed by atoms with Crippen LogP contribution in [-0.2, 0) is 4.74 Å². The molecule has 1 fully saturated rings. The Balaban J connectivity index is 1.92. The highest BCUT2D eigenvalue weighted by atomic mass is 16.5. The number of aromatic nitrogens is 5. The maximum atomic E-state index is 5.90. The standard InChI is InChI=1S/C11H15N7O/c1-8-6-9(14-7-13-8)18-10(12)15-11(16-18)17-2-4-19-5-3-17/h6-7H,2-5H2,1H3,(H2,12,15,16). The third-order valence-electron chi connectivity index (χ3n) is 2.92. The predicted octanol–water partition coefficient (Wildman–Crippen LogP) is -0.215. The van der Waals surface area contributed by atoms with Gasteiger partial charge in [0.05, 0.1) is 13.2 Å². The molecule has 2 aromatic rings. The number of nitrogen functional groups attached to an aromatic ring is 1. The van der Waals surface area contributed by atoms with Crippen LogP contribution in [0.25, 0.3) is 5.82 Å². The molecule has 2 aromatic heterocycles. The van der Waals surface area contributed by atoms with Gasteiger partial charge in [-0.3, -0.25) is 0 Å². The molecular weight excluding hydrogens is 246 g/mol. The third kappa shape index (κ3) is 2.34. The second kappa shape index (κ2) is 4.81.